The molecule has 0 unspecified atom stereocenters. The number of anilines is 1. The van der Waals surface area contributed by atoms with Crippen molar-refractivity contribution in [1.82, 2.24) is 9.97 Å². The number of fused-ring (bicyclic) bond motifs is 1. The zero-order valence-electron chi connectivity index (χ0n) is 11.1. The molecule has 3 rings (SSSR count). The fourth-order valence-electron chi connectivity index (χ4n) is 1.98. The van der Waals surface area contributed by atoms with E-state index in [0.29, 0.717) is 18.0 Å². The van der Waals surface area contributed by atoms with E-state index in [4.69, 9.17) is 10.5 Å². The topological polar surface area (TPSA) is 63.9 Å². The van der Waals surface area contributed by atoms with E-state index in [1.165, 1.54) is 11.8 Å². The molecular weight excluding hydrogens is 270 g/mol. The minimum Gasteiger partial charge on any atom is -0.492 e. The van der Waals surface area contributed by atoms with E-state index in [9.17, 15) is 0 Å². The molecule has 0 radical (unpaired) electrons. The van der Waals surface area contributed by atoms with Gasteiger partial charge >= 0.3 is 0 Å². The molecule has 2 aromatic carbocycles. The van der Waals surface area contributed by atoms with Crippen LogP contribution in [0, 0.1) is 0 Å². The summed E-state index contributed by atoms with van der Waals surface area (Å²) in [5.41, 5.74) is 8.75. The predicted molar refractivity (Wildman–Crippen MR) is 82.2 cm³/mol. The van der Waals surface area contributed by atoms with Crippen molar-refractivity contribution in [3.8, 4) is 5.75 Å². The van der Waals surface area contributed by atoms with E-state index in [1.54, 1.807) is 0 Å². The van der Waals surface area contributed by atoms with Crippen LogP contribution in [0.3, 0.4) is 0 Å². The number of para-hydroxylation sites is 3. The molecule has 0 aliphatic heterocycles. The van der Waals surface area contributed by atoms with Crippen LogP contribution in [-0.4, -0.2) is 16.6 Å². The highest BCUT2D eigenvalue weighted by molar-refractivity contribution is 7.99. The van der Waals surface area contributed by atoms with Gasteiger partial charge in [-0.3, -0.25) is 0 Å². The van der Waals surface area contributed by atoms with E-state index in [1.807, 2.05) is 49.4 Å². The van der Waals surface area contributed by atoms with Gasteiger partial charge in [0.2, 0.25) is 0 Å². The number of aromatic amines is 1. The van der Waals surface area contributed by atoms with Crippen LogP contribution in [0.5, 0.6) is 5.75 Å². The van der Waals surface area contributed by atoms with Gasteiger partial charge in [0.25, 0.3) is 0 Å². The minimum atomic E-state index is 0.600. The number of hydrogen-bond acceptors (Lipinski definition) is 4. The summed E-state index contributed by atoms with van der Waals surface area (Å²) < 4.78 is 5.50. The van der Waals surface area contributed by atoms with Crippen molar-refractivity contribution in [3.05, 3.63) is 42.5 Å². The third-order valence-corrected chi connectivity index (χ3v) is 3.86. The maximum absolute atomic E-state index is 6.12. The maximum atomic E-state index is 6.12. The van der Waals surface area contributed by atoms with Crippen LogP contribution in [0.15, 0.2) is 52.5 Å². The zero-order valence-corrected chi connectivity index (χ0v) is 11.9. The van der Waals surface area contributed by atoms with Gasteiger partial charge in [0.15, 0.2) is 5.16 Å². The molecule has 5 heteroatoms. The fourth-order valence-corrected chi connectivity index (χ4v) is 2.85. The molecule has 0 saturated heterocycles. The Morgan fingerprint density at radius 1 is 1.20 bits per heavy atom. The van der Waals surface area contributed by atoms with Crippen molar-refractivity contribution in [2.75, 3.05) is 12.3 Å². The van der Waals surface area contributed by atoms with Gasteiger partial charge in [0.05, 0.1) is 23.3 Å². The van der Waals surface area contributed by atoms with E-state index in [0.717, 1.165) is 21.1 Å². The van der Waals surface area contributed by atoms with Gasteiger partial charge in [-0.1, -0.05) is 18.2 Å². The Bertz CT molecular complexity index is 706. The van der Waals surface area contributed by atoms with Crippen LogP contribution in [0.4, 0.5) is 5.69 Å². The standard InChI is InChI=1S/C15H15N3OS/c1-2-19-12-8-5-9-13(14(12)16)20-15-17-10-6-3-4-7-11(10)18-15/h3-9H,2,16H2,1H3,(H,17,18). The molecule has 0 amide bonds. The molecule has 20 heavy (non-hydrogen) atoms. The first-order valence-corrected chi connectivity index (χ1v) is 7.23. The number of nitrogen functional groups attached to an aromatic ring is 1. The summed E-state index contributed by atoms with van der Waals surface area (Å²) in [6.07, 6.45) is 0. The van der Waals surface area contributed by atoms with Crippen LogP contribution in [-0.2, 0) is 0 Å². The van der Waals surface area contributed by atoms with Crippen molar-refractivity contribution in [3.63, 3.8) is 0 Å². The van der Waals surface area contributed by atoms with Crippen molar-refractivity contribution < 1.29 is 4.74 Å². The Morgan fingerprint density at radius 2 is 2.05 bits per heavy atom. The normalized spacial score (nSPS) is 10.8. The van der Waals surface area contributed by atoms with Crippen LogP contribution < -0.4 is 10.5 Å². The number of benzene rings is 2. The average Bonchev–Trinajstić information content (AvgIpc) is 2.86. The van der Waals surface area contributed by atoms with Gasteiger partial charge in [0.1, 0.15) is 5.75 Å². The number of nitrogens with one attached hydrogen (secondary N) is 1. The Hall–Kier alpha value is -2.14. The fraction of sp³-hybridized carbons (Fsp3) is 0.133. The molecule has 0 saturated carbocycles. The molecule has 1 aromatic heterocycles. The lowest BCUT2D eigenvalue weighted by Gasteiger charge is -2.09. The summed E-state index contributed by atoms with van der Waals surface area (Å²) in [5.74, 6) is 0.716. The predicted octanol–water partition coefficient (Wildman–Crippen LogP) is 3.70. The van der Waals surface area contributed by atoms with Crippen molar-refractivity contribution in [1.29, 1.82) is 0 Å². The van der Waals surface area contributed by atoms with Gasteiger partial charge in [-0.05, 0) is 43.0 Å². The van der Waals surface area contributed by atoms with Crippen molar-refractivity contribution >= 4 is 28.5 Å². The highest BCUT2D eigenvalue weighted by atomic mass is 32.2. The van der Waals surface area contributed by atoms with Crippen LogP contribution in [0.25, 0.3) is 11.0 Å². The van der Waals surface area contributed by atoms with E-state index in [-0.39, 0.29) is 0 Å². The second kappa shape index (κ2) is 5.46. The molecule has 1 heterocycles. The number of rotatable bonds is 4. The van der Waals surface area contributed by atoms with Crippen LogP contribution in [0.2, 0.25) is 0 Å². The third-order valence-electron chi connectivity index (χ3n) is 2.90. The molecule has 102 valence electrons. The average molecular weight is 285 g/mol. The van der Waals surface area contributed by atoms with Crippen LogP contribution in [0.1, 0.15) is 6.92 Å². The molecule has 3 aromatic rings. The van der Waals surface area contributed by atoms with E-state index < -0.39 is 0 Å². The lowest BCUT2D eigenvalue weighted by Crippen LogP contribution is -1.98. The monoisotopic (exact) mass is 285 g/mol. The first-order valence-electron chi connectivity index (χ1n) is 6.42. The SMILES string of the molecule is CCOc1cccc(Sc2nc3ccccc3[nH]2)c1N. The maximum Gasteiger partial charge on any atom is 0.171 e. The van der Waals surface area contributed by atoms with Gasteiger partial charge in [-0.15, -0.1) is 0 Å². The number of ether oxygens (including phenoxy) is 1. The lowest BCUT2D eigenvalue weighted by atomic mass is 10.3. The minimum absolute atomic E-state index is 0.600. The summed E-state index contributed by atoms with van der Waals surface area (Å²) in [7, 11) is 0. The number of H-pyrrole nitrogens is 1. The Kier molecular flexibility index (Phi) is 3.52. The van der Waals surface area contributed by atoms with E-state index in [2.05, 4.69) is 9.97 Å². The molecule has 0 aliphatic carbocycles. The van der Waals surface area contributed by atoms with Gasteiger partial charge in [0, 0.05) is 4.90 Å². The summed E-state index contributed by atoms with van der Waals surface area (Å²) in [5, 5.41) is 0.826. The van der Waals surface area contributed by atoms with Gasteiger partial charge in [-0.2, -0.15) is 0 Å². The van der Waals surface area contributed by atoms with Gasteiger partial charge < -0.3 is 15.5 Å². The van der Waals surface area contributed by atoms with Crippen molar-refractivity contribution in [2.45, 2.75) is 17.0 Å². The Morgan fingerprint density at radius 3 is 2.85 bits per heavy atom. The van der Waals surface area contributed by atoms with Gasteiger partial charge in [-0.25, -0.2) is 4.98 Å². The zero-order chi connectivity index (χ0) is 13.9. The molecule has 0 fully saturated rings. The first-order chi connectivity index (χ1) is 9.78. The first kappa shape index (κ1) is 12.9. The summed E-state index contributed by atoms with van der Waals surface area (Å²) in [4.78, 5) is 8.75. The Balaban J connectivity index is 1.92. The summed E-state index contributed by atoms with van der Waals surface area (Å²) >= 11 is 1.51. The Labute approximate surface area is 121 Å². The largest absolute Gasteiger partial charge is 0.492 e. The molecule has 0 bridgehead atoms. The molecule has 0 atom stereocenters. The lowest BCUT2D eigenvalue weighted by molar-refractivity contribution is 0.341. The smallest absolute Gasteiger partial charge is 0.171 e. The third kappa shape index (κ3) is 2.44. The molecule has 3 N–H and O–H groups in total. The highest BCUT2D eigenvalue weighted by Crippen LogP contribution is 2.36. The number of imidazole rings is 1. The highest BCUT2D eigenvalue weighted by Gasteiger charge is 2.10. The number of hydrogen-bond donors (Lipinski definition) is 2. The summed E-state index contributed by atoms with van der Waals surface area (Å²) in [6, 6.07) is 13.7. The molecule has 0 aliphatic rings. The second-order valence-electron chi connectivity index (χ2n) is 4.26. The molecule has 0 spiro atoms. The molecular formula is C15H15N3OS. The number of nitrogens with zero attached hydrogens (tertiary/aromatic N) is 1. The number of aromatic nitrogens is 2. The second-order valence-corrected chi connectivity index (χ2v) is 5.29. The quantitative estimate of drug-likeness (QED) is 0.717. The summed E-state index contributed by atoms with van der Waals surface area (Å²) in [6.45, 7) is 2.54. The van der Waals surface area contributed by atoms with Crippen molar-refractivity contribution in [2.24, 2.45) is 0 Å². The van der Waals surface area contributed by atoms with E-state index >= 15 is 0 Å². The van der Waals surface area contributed by atoms with Crippen LogP contribution >= 0.6 is 11.8 Å². The number of nitrogens with two attached hydrogens (primary N) is 1. The molecule has 4 nitrogen and oxygen atoms in total.